The quantitative estimate of drug-likeness (QED) is 0.307. The second-order valence-corrected chi connectivity index (χ2v) is 7.53. The van der Waals surface area contributed by atoms with Crippen molar-refractivity contribution in [3.05, 3.63) is 72.8 Å². The van der Waals surface area contributed by atoms with E-state index in [9.17, 15) is 0 Å². The van der Waals surface area contributed by atoms with Gasteiger partial charge in [-0.05, 0) is 54.1 Å². The smallest absolute Gasteiger partial charge is 0.153 e. The summed E-state index contributed by atoms with van der Waals surface area (Å²) in [6.07, 6.45) is 0. The number of halogens is 1. The normalized spacial score (nSPS) is 10.8. The SMILES string of the molecule is COc1cccc(-c2sc3ccccc3c2Oc2ccc(OCCCl)cc2)c1. The largest absolute Gasteiger partial charge is 0.497 e. The van der Waals surface area contributed by atoms with Crippen molar-refractivity contribution < 1.29 is 14.2 Å². The molecule has 0 aliphatic rings. The minimum Gasteiger partial charge on any atom is -0.497 e. The molecule has 1 aromatic heterocycles. The number of benzene rings is 3. The van der Waals surface area contributed by atoms with E-state index in [1.54, 1.807) is 18.4 Å². The van der Waals surface area contributed by atoms with E-state index in [1.807, 2.05) is 54.6 Å². The lowest BCUT2D eigenvalue weighted by atomic mass is 10.1. The van der Waals surface area contributed by atoms with Crippen molar-refractivity contribution >= 4 is 33.0 Å². The Bertz CT molecular complexity index is 1070. The lowest BCUT2D eigenvalue weighted by Crippen LogP contribution is -1.97. The van der Waals surface area contributed by atoms with Crippen LogP contribution in [0.1, 0.15) is 0 Å². The van der Waals surface area contributed by atoms with Crippen LogP contribution in [-0.4, -0.2) is 19.6 Å². The molecule has 0 saturated carbocycles. The molecule has 3 nitrogen and oxygen atoms in total. The summed E-state index contributed by atoms with van der Waals surface area (Å²) in [6.45, 7) is 0.483. The van der Waals surface area contributed by atoms with Crippen LogP contribution in [0.15, 0.2) is 72.8 Å². The Labute approximate surface area is 173 Å². The molecule has 0 saturated heterocycles. The topological polar surface area (TPSA) is 27.7 Å². The lowest BCUT2D eigenvalue weighted by molar-refractivity contribution is 0.342. The van der Waals surface area contributed by atoms with Gasteiger partial charge >= 0.3 is 0 Å². The predicted octanol–water partition coefficient (Wildman–Crippen LogP) is 6.99. The van der Waals surface area contributed by atoms with Crippen molar-refractivity contribution in [2.45, 2.75) is 0 Å². The number of rotatable bonds is 7. The molecule has 4 aromatic rings. The number of methoxy groups -OCH3 is 1. The Balaban J connectivity index is 1.73. The highest BCUT2D eigenvalue weighted by Gasteiger charge is 2.16. The molecule has 0 spiro atoms. The van der Waals surface area contributed by atoms with Crippen LogP contribution in [0.2, 0.25) is 0 Å². The Hall–Kier alpha value is -2.69. The molecule has 5 heteroatoms. The van der Waals surface area contributed by atoms with Crippen LogP contribution in [0.5, 0.6) is 23.0 Å². The molecule has 1 heterocycles. The third-order valence-corrected chi connectivity index (χ3v) is 5.63. The number of hydrogen-bond acceptors (Lipinski definition) is 4. The Kier molecular flexibility index (Phi) is 5.70. The molecule has 0 atom stereocenters. The van der Waals surface area contributed by atoms with Crippen LogP contribution in [-0.2, 0) is 0 Å². The van der Waals surface area contributed by atoms with Gasteiger partial charge in [0.1, 0.15) is 23.9 Å². The van der Waals surface area contributed by atoms with Crippen molar-refractivity contribution in [1.29, 1.82) is 0 Å². The van der Waals surface area contributed by atoms with Gasteiger partial charge in [-0.2, -0.15) is 0 Å². The maximum absolute atomic E-state index is 6.34. The van der Waals surface area contributed by atoms with E-state index in [-0.39, 0.29) is 0 Å². The van der Waals surface area contributed by atoms with Crippen molar-refractivity contribution in [2.75, 3.05) is 19.6 Å². The highest BCUT2D eigenvalue weighted by Crippen LogP contribution is 2.46. The molecule has 0 fully saturated rings. The summed E-state index contributed by atoms with van der Waals surface area (Å²) in [5.74, 6) is 3.66. The third-order valence-electron chi connectivity index (χ3n) is 4.27. The molecule has 3 aromatic carbocycles. The summed E-state index contributed by atoms with van der Waals surface area (Å²) in [4.78, 5) is 1.07. The molecular weight excluding hydrogens is 392 g/mol. The van der Waals surface area contributed by atoms with Crippen molar-refractivity contribution in [3.8, 4) is 33.4 Å². The summed E-state index contributed by atoms with van der Waals surface area (Å²) >= 11 is 7.38. The minimum absolute atomic E-state index is 0.461. The molecule has 0 aliphatic carbocycles. The van der Waals surface area contributed by atoms with E-state index in [0.717, 1.165) is 38.8 Å². The van der Waals surface area contributed by atoms with E-state index < -0.39 is 0 Å². The fourth-order valence-electron chi connectivity index (χ4n) is 2.96. The van der Waals surface area contributed by atoms with Crippen molar-refractivity contribution in [1.82, 2.24) is 0 Å². The van der Waals surface area contributed by atoms with E-state index >= 15 is 0 Å². The molecule has 0 aliphatic heterocycles. The maximum Gasteiger partial charge on any atom is 0.153 e. The van der Waals surface area contributed by atoms with E-state index in [0.29, 0.717) is 12.5 Å². The first-order valence-corrected chi connectivity index (χ1v) is 10.3. The van der Waals surface area contributed by atoms with Gasteiger partial charge in [-0.25, -0.2) is 0 Å². The van der Waals surface area contributed by atoms with Gasteiger partial charge < -0.3 is 14.2 Å². The number of alkyl halides is 1. The Morgan fingerprint density at radius 2 is 1.64 bits per heavy atom. The average Bonchev–Trinajstić information content (AvgIpc) is 3.12. The van der Waals surface area contributed by atoms with Gasteiger partial charge in [-0.1, -0.05) is 24.3 Å². The number of fused-ring (bicyclic) bond motifs is 1. The van der Waals surface area contributed by atoms with E-state index in [2.05, 4.69) is 18.2 Å². The zero-order chi connectivity index (χ0) is 19.3. The second-order valence-electron chi connectivity index (χ2n) is 6.10. The molecule has 0 amide bonds. The Morgan fingerprint density at radius 3 is 2.43 bits per heavy atom. The molecule has 0 radical (unpaired) electrons. The molecular formula is C23H19ClO3S. The third kappa shape index (κ3) is 3.93. The van der Waals surface area contributed by atoms with E-state index in [1.165, 1.54) is 4.70 Å². The maximum atomic E-state index is 6.34. The van der Waals surface area contributed by atoms with Gasteiger partial charge in [0.15, 0.2) is 5.75 Å². The van der Waals surface area contributed by atoms with Crippen LogP contribution in [0.4, 0.5) is 0 Å². The first kappa shape index (κ1) is 18.7. The standard InChI is InChI=1S/C23H19ClO3S/c1-25-19-6-4-5-16(15-19)23-22(20-7-2-3-8-21(20)28-23)27-18-11-9-17(10-12-18)26-14-13-24/h2-12,15H,13-14H2,1H3. The summed E-state index contributed by atoms with van der Waals surface area (Å²) < 4.78 is 18.4. The monoisotopic (exact) mass is 410 g/mol. The fourth-order valence-corrected chi connectivity index (χ4v) is 4.16. The molecule has 142 valence electrons. The molecule has 0 bridgehead atoms. The second kappa shape index (κ2) is 8.55. The fraction of sp³-hybridized carbons (Fsp3) is 0.130. The van der Waals surface area contributed by atoms with Crippen LogP contribution in [0.25, 0.3) is 20.5 Å². The van der Waals surface area contributed by atoms with Gasteiger partial charge in [-0.15, -0.1) is 22.9 Å². The zero-order valence-electron chi connectivity index (χ0n) is 15.4. The van der Waals surface area contributed by atoms with Crippen LogP contribution < -0.4 is 14.2 Å². The lowest BCUT2D eigenvalue weighted by Gasteiger charge is -2.10. The van der Waals surface area contributed by atoms with Crippen molar-refractivity contribution in [3.63, 3.8) is 0 Å². The van der Waals surface area contributed by atoms with E-state index in [4.69, 9.17) is 25.8 Å². The van der Waals surface area contributed by atoms with Gasteiger partial charge in [0.2, 0.25) is 0 Å². The summed E-state index contributed by atoms with van der Waals surface area (Å²) in [5, 5.41) is 1.09. The summed E-state index contributed by atoms with van der Waals surface area (Å²) in [5.41, 5.74) is 1.07. The first-order valence-electron chi connectivity index (χ1n) is 8.91. The summed E-state index contributed by atoms with van der Waals surface area (Å²) in [7, 11) is 1.68. The molecule has 28 heavy (non-hydrogen) atoms. The van der Waals surface area contributed by atoms with Crippen molar-refractivity contribution in [2.24, 2.45) is 0 Å². The van der Waals surface area contributed by atoms with Gasteiger partial charge in [0, 0.05) is 10.1 Å². The first-order chi connectivity index (χ1) is 13.8. The number of ether oxygens (including phenoxy) is 3. The highest BCUT2D eigenvalue weighted by atomic mass is 35.5. The molecule has 4 rings (SSSR count). The number of hydrogen-bond donors (Lipinski definition) is 0. The average molecular weight is 411 g/mol. The summed E-state index contributed by atoms with van der Waals surface area (Å²) in [6, 6.07) is 23.9. The van der Waals surface area contributed by atoms with Crippen LogP contribution >= 0.6 is 22.9 Å². The zero-order valence-corrected chi connectivity index (χ0v) is 16.9. The van der Waals surface area contributed by atoms with Crippen LogP contribution in [0, 0.1) is 0 Å². The highest BCUT2D eigenvalue weighted by molar-refractivity contribution is 7.22. The number of thiophene rings is 1. The predicted molar refractivity (Wildman–Crippen MR) is 117 cm³/mol. The Morgan fingerprint density at radius 1 is 0.857 bits per heavy atom. The molecule has 0 unspecified atom stereocenters. The minimum atomic E-state index is 0.461. The van der Waals surface area contributed by atoms with Crippen LogP contribution in [0.3, 0.4) is 0 Å². The van der Waals surface area contributed by atoms with Gasteiger partial charge in [0.25, 0.3) is 0 Å². The van der Waals surface area contributed by atoms with Gasteiger partial charge in [0.05, 0.1) is 17.9 Å². The molecule has 0 N–H and O–H groups in total. The van der Waals surface area contributed by atoms with Gasteiger partial charge in [-0.3, -0.25) is 0 Å².